The summed E-state index contributed by atoms with van der Waals surface area (Å²) in [5, 5.41) is 0. The molecular weight excluding hydrogens is 176 g/mol. The van der Waals surface area contributed by atoms with Crippen molar-refractivity contribution in [2.75, 3.05) is 6.54 Å². The lowest BCUT2D eigenvalue weighted by molar-refractivity contribution is 0.0630. The topological polar surface area (TPSA) is 56.0 Å². The minimum Gasteiger partial charge on any atom is -0.329 e. The molecule has 14 heavy (non-hydrogen) atoms. The van der Waals surface area contributed by atoms with E-state index in [0.29, 0.717) is 12.2 Å². The van der Waals surface area contributed by atoms with Crippen molar-refractivity contribution in [3.63, 3.8) is 0 Å². The molecule has 3 nitrogen and oxygen atoms in total. The monoisotopic (exact) mass is 190 g/mol. The van der Waals surface area contributed by atoms with Crippen molar-refractivity contribution in [1.29, 1.82) is 0 Å². The molecule has 2 N–H and O–H groups in total. The van der Waals surface area contributed by atoms with Gasteiger partial charge in [-0.1, -0.05) is 12.5 Å². The molecule has 1 heterocycles. The molecule has 1 aromatic heterocycles. The molecule has 0 amide bonds. The van der Waals surface area contributed by atoms with Crippen molar-refractivity contribution in [3.05, 3.63) is 30.1 Å². The largest absolute Gasteiger partial charge is 0.329 e. The van der Waals surface area contributed by atoms with Crippen LogP contribution in [0.5, 0.6) is 0 Å². The number of hydrogen-bond donors (Lipinski definition) is 1. The molecule has 2 rings (SSSR count). The van der Waals surface area contributed by atoms with Gasteiger partial charge in [-0.25, -0.2) is 0 Å². The summed E-state index contributed by atoms with van der Waals surface area (Å²) in [6.07, 6.45) is 4.59. The predicted molar refractivity (Wildman–Crippen MR) is 53.9 cm³/mol. The first-order valence-corrected chi connectivity index (χ1v) is 4.94. The van der Waals surface area contributed by atoms with Crippen molar-refractivity contribution in [2.45, 2.75) is 19.3 Å². The Balaban J connectivity index is 2.23. The predicted octanol–water partition coefficient (Wildman–Crippen LogP) is 1.39. The van der Waals surface area contributed by atoms with Crippen LogP contribution in [0.3, 0.4) is 0 Å². The Morgan fingerprint density at radius 1 is 1.50 bits per heavy atom. The van der Waals surface area contributed by atoms with E-state index in [-0.39, 0.29) is 11.2 Å². The highest BCUT2D eigenvalue weighted by atomic mass is 16.1. The third-order valence-corrected chi connectivity index (χ3v) is 3.08. The van der Waals surface area contributed by atoms with Crippen molar-refractivity contribution < 1.29 is 4.79 Å². The third-order valence-electron chi connectivity index (χ3n) is 3.08. The molecule has 1 saturated carbocycles. The number of ketones is 1. The lowest BCUT2D eigenvalue weighted by atomic mass is 9.65. The Bertz CT molecular complexity index is 325. The van der Waals surface area contributed by atoms with Gasteiger partial charge in [0.15, 0.2) is 5.78 Å². The standard InChI is InChI=1S/C11H14N2O/c12-8-11(5-3-6-11)10(14)9-4-1-2-7-13-9/h1-2,4,7H,3,5-6,8,12H2. The van der Waals surface area contributed by atoms with Crippen LogP contribution < -0.4 is 5.73 Å². The molecule has 1 fully saturated rings. The van der Waals surface area contributed by atoms with Crippen molar-refractivity contribution in [1.82, 2.24) is 4.98 Å². The summed E-state index contributed by atoms with van der Waals surface area (Å²) in [5.41, 5.74) is 5.91. The first kappa shape index (κ1) is 9.34. The lowest BCUT2D eigenvalue weighted by Gasteiger charge is -2.38. The fourth-order valence-electron chi connectivity index (χ4n) is 1.90. The van der Waals surface area contributed by atoms with Gasteiger partial charge in [0.05, 0.1) is 0 Å². The van der Waals surface area contributed by atoms with Gasteiger partial charge in [-0.3, -0.25) is 9.78 Å². The van der Waals surface area contributed by atoms with Gasteiger partial charge in [-0.2, -0.15) is 0 Å². The van der Waals surface area contributed by atoms with Crippen LogP contribution in [-0.4, -0.2) is 17.3 Å². The number of nitrogens with zero attached hydrogens (tertiary/aromatic N) is 1. The lowest BCUT2D eigenvalue weighted by Crippen LogP contribution is -2.44. The molecule has 0 unspecified atom stereocenters. The van der Waals surface area contributed by atoms with Gasteiger partial charge in [0.25, 0.3) is 0 Å². The highest BCUT2D eigenvalue weighted by molar-refractivity contribution is 5.99. The molecule has 0 bridgehead atoms. The number of nitrogens with two attached hydrogens (primary N) is 1. The normalized spacial score (nSPS) is 18.6. The van der Waals surface area contributed by atoms with E-state index in [1.165, 1.54) is 0 Å². The van der Waals surface area contributed by atoms with Crippen LogP contribution in [0.15, 0.2) is 24.4 Å². The van der Waals surface area contributed by atoms with Crippen molar-refractivity contribution in [3.8, 4) is 0 Å². The summed E-state index contributed by atoms with van der Waals surface area (Å²) in [7, 11) is 0. The molecule has 74 valence electrons. The average molecular weight is 190 g/mol. The number of rotatable bonds is 3. The molecule has 3 heteroatoms. The van der Waals surface area contributed by atoms with Gasteiger partial charge in [-0.05, 0) is 25.0 Å². The summed E-state index contributed by atoms with van der Waals surface area (Å²) < 4.78 is 0. The molecule has 0 aliphatic heterocycles. The number of carbonyl (C=O) groups excluding carboxylic acids is 1. The Hall–Kier alpha value is -1.22. The molecule has 0 aromatic carbocycles. The van der Waals surface area contributed by atoms with Gasteiger partial charge in [0, 0.05) is 18.2 Å². The van der Waals surface area contributed by atoms with E-state index in [4.69, 9.17) is 5.73 Å². The number of aromatic nitrogens is 1. The van der Waals surface area contributed by atoms with E-state index in [0.717, 1.165) is 19.3 Å². The Kier molecular flexibility index (Phi) is 2.33. The maximum Gasteiger partial charge on any atom is 0.188 e. The van der Waals surface area contributed by atoms with E-state index >= 15 is 0 Å². The van der Waals surface area contributed by atoms with Gasteiger partial charge in [-0.15, -0.1) is 0 Å². The smallest absolute Gasteiger partial charge is 0.188 e. The second kappa shape index (κ2) is 3.50. The average Bonchev–Trinajstić information content (AvgIpc) is 2.18. The molecular formula is C11H14N2O. The van der Waals surface area contributed by atoms with E-state index < -0.39 is 0 Å². The summed E-state index contributed by atoms with van der Waals surface area (Å²) in [6, 6.07) is 5.41. The molecule has 1 aliphatic rings. The van der Waals surface area contributed by atoms with Crippen LogP contribution >= 0.6 is 0 Å². The Morgan fingerprint density at radius 3 is 2.71 bits per heavy atom. The zero-order chi connectivity index (χ0) is 10.0. The zero-order valence-corrected chi connectivity index (χ0v) is 8.07. The fraction of sp³-hybridized carbons (Fsp3) is 0.455. The van der Waals surface area contributed by atoms with Crippen molar-refractivity contribution in [2.24, 2.45) is 11.1 Å². The highest BCUT2D eigenvalue weighted by Crippen LogP contribution is 2.42. The van der Waals surface area contributed by atoms with Crippen LogP contribution in [0.1, 0.15) is 29.8 Å². The van der Waals surface area contributed by atoms with Gasteiger partial charge >= 0.3 is 0 Å². The second-order valence-corrected chi connectivity index (χ2v) is 3.88. The number of carbonyl (C=O) groups is 1. The van der Waals surface area contributed by atoms with Gasteiger partial charge < -0.3 is 5.73 Å². The maximum absolute atomic E-state index is 12.0. The number of hydrogen-bond acceptors (Lipinski definition) is 3. The molecule has 0 atom stereocenters. The summed E-state index contributed by atoms with van der Waals surface area (Å²) >= 11 is 0. The molecule has 1 aromatic rings. The summed E-state index contributed by atoms with van der Waals surface area (Å²) in [6.45, 7) is 0.447. The van der Waals surface area contributed by atoms with Gasteiger partial charge in [0.2, 0.25) is 0 Å². The quantitative estimate of drug-likeness (QED) is 0.733. The van der Waals surface area contributed by atoms with E-state index in [2.05, 4.69) is 4.98 Å². The third kappa shape index (κ3) is 1.34. The van der Waals surface area contributed by atoms with Gasteiger partial charge in [0.1, 0.15) is 5.69 Å². The van der Waals surface area contributed by atoms with E-state index in [1.54, 1.807) is 12.3 Å². The van der Waals surface area contributed by atoms with E-state index in [9.17, 15) is 4.79 Å². The molecule has 0 radical (unpaired) electrons. The maximum atomic E-state index is 12.0. The summed E-state index contributed by atoms with van der Waals surface area (Å²) in [5.74, 6) is 0.117. The van der Waals surface area contributed by atoms with Crippen molar-refractivity contribution >= 4 is 5.78 Å². The highest BCUT2D eigenvalue weighted by Gasteiger charge is 2.43. The molecule has 0 saturated heterocycles. The second-order valence-electron chi connectivity index (χ2n) is 3.88. The van der Waals surface area contributed by atoms with Crippen LogP contribution in [0.25, 0.3) is 0 Å². The minimum atomic E-state index is -0.297. The SMILES string of the molecule is NCC1(C(=O)c2ccccn2)CCC1. The Labute approximate surface area is 83.3 Å². The van der Waals surface area contributed by atoms with Crippen LogP contribution in [0.2, 0.25) is 0 Å². The molecule has 1 aliphatic carbocycles. The van der Waals surface area contributed by atoms with Crippen LogP contribution in [0, 0.1) is 5.41 Å². The molecule has 0 spiro atoms. The number of pyridine rings is 1. The minimum absolute atomic E-state index is 0.117. The van der Waals surface area contributed by atoms with E-state index in [1.807, 2.05) is 12.1 Å². The first-order chi connectivity index (χ1) is 6.78. The fourth-order valence-corrected chi connectivity index (χ4v) is 1.90. The number of Topliss-reactive ketones (excluding diaryl/α,β-unsaturated/α-hetero) is 1. The summed E-state index contributed by atoms with van der Waals surface area (Å²) in [4.78, 5) is 16.1. The van der Waals surface area contributed by atoms with Crippen LogP contribution in [-0.2, 0) is 0 Å². The first-order valence-electron chi connectivity index (χ1n) is 4.94. The Morgan fingerprint density at radius 2 is 2.29 bits per heavy atom. The zero-order valence-electron chi connectivity index (χ0n) is 8.07. The van der Waals surface area contributed by atoms with Crippen LogP contribution in [0.4, 0.5) is 0 Å².